The van der Waals surface area contributed by atoms with Gasteiger partial charge in [-0.3, -0.25) is 0 Å². The largest absolute Gasteiger partial charge is 0.508 e. The number of hydrogen-bond donors (Lipinski definition) is 2. The molecule has 3 heteroatoms. The maximum Gasteiger partial charge on any atom is 0.121 e. The number of aliphatic hydroxyl groups excluding tert-OH is 1. The number of rotatable bonds is 2. The first-order valence-electron chi connectivity index (χ1n) is 3.26. The Bertz CT molecular complexity index is 248. The van der Waals surface area contributed by atoms with Gasteiger partial charge in [0.1, 0.15) is 5.75 Å². The van der Waals surface area contributed by atoms with Crippen LogP contribution in [0.5, 0.6) is 5.75 Å². The van der Waals surface area contributed by atoms with E-state index in [1.54, 1.807) is 12.1 Å². The molecular formula is C8H9BrO2. The van der Waals surface area contributed by atoms with Gasteiger partial charge in [-0.2, -0.15) is 0 Å². The van der Waals surface area contributed by atoms with E-state index in [2.05, 4.69) is 15.9 Å². The third-order valence-electron chi connectivity index (χ3n) is 1.55. The molecule has 0 atom stereocenters. The molecule has 0 amide bonds. The Hall–Kier alpha value is -0.540. The minimum absolute atomic E-state index is 0.117. The molecular weight excluding hydrogens is 208 g/mol. The summed E-state index contributed by atoms with van der Waals surface area (Å²) in [5.41, 5.74) is 1.52. The van der Waals surface area contributed by atoms with Gasteiger partial charge in [0.15, 0.2) is 0 Å². The van der Waals surface area contributed by atoms with Crippen LogP contribution >= 0.6 is 15.9 Å². The first-order valence-corrected chi connectivity index (χ1v) is 4.38. The number of benzene rings is 1. The average Bonchev–Trinajstić information content (AvgIpc) is 2.04. The van der Waals surface area contributed by atoms with Gasteiger partial charge >= 0.3 is 0 Å². The van der Waals surface area contributed by atoms with Crippen molar-refractivity contribution in [1.82, 2.24) is 0 Å². The van der Waals surface area contributed by atoms with Crippen molar-refractivity contribution in [3.8, 4) is 5.75 Å². The van der Waals surface area contributed by atoms with Crippen LogP contribution in [-0.4, -0.2) is 10.2 Å². The third-order valence-corrected chi connectivity index (χ3v) is 2.15. The zero-order chi connectivity index (χ0) is 8.27. The molecule has 2 N–H and O–H groups in total. The number of aliphatic hydroxyl groups is 1. The number of aromatic hydroxyl groups is 1. The summed E-state index contributed by atoms with van der Waals surface area (Å²) in [6, 6.07) is 5.18. The quantitative estimate of drug-likeness (QED) is 0.741. The van der Waals surface area contributed by atoms with E-state index < -0.39 is 0 Å². The van der Waals surface area contributed by atoms with E-state index in [-0.39, 0.29) is 12.4 Å². The molecule has 0 aliphatic heterocycles. The van der Waals surface area contributed by atoms with Crippen LogP contribution in [0, 0.1) is 0 Å². The van der Waals surface area contributed by atoms with E-state index in [4.69, 9.17) is 5.11 Å². The number of halogens is 1. The topological polar surface area (TPSA) is 40.5 Å². The van der Waals surface area contributed by atoms with Crippen LogP contribution in [-0.2, 0) is 11.9 Å². The Labute approximate surface area is 73.6 Å². The smallest absolute Gasteiger partial charge is 0.121 e. The first-order chi connectivity index (χ1) is 5.29. The molecule has 0 saturated heterocycles. The fraction of sp³-hybridized carbons (Fsp3) is 0.250. The summed E-state index contributed by atoms with van der Waals surface area (Å²) in [5, 5.41) is 18.7. The third kappa shape index (κ3) is 1.73. The lowest BCUT2D eigenvalue weighted by Gasteiger charge is -2.05. The Morgan fingerprint density at radius 3 is 2.55 bits per heavy atom. The standard InChI is InChI=1S/C8H9BrO2/c9-4-6-2-1-3-8(11)7(6)5-10/h1-3,10-11H,4-5H2. The van der Waals surface area contributed by atoms with E-state index in [0.29, 0.717) is 10.9 Å². The van der Waals surface area contributed by atoms with Crippen molar-refractivity contribution in [3.63, 3.8) is 0 Å². The minimum atomic E-state index is -0.117. The number of hydrogen-bond acceptors (Lipinski definition) is 2. The Morgan fingerprint density at radius 1 is 1.36 bits per heavy atom. The Kier molecular flexibility index (Phi) is 2.91. The number of alkyl halides is 1. The summed E-state index contributed by atoms with van der Waals surface area (Å²) in [4.78, 5) is 0. The summed E-state index contributed by atoms with van der Waals surface area (Å²) in [6.45, 7) is -0.117. The van der Waals surface area contributed by atoms with E-state index in [0.717, 1.165) is 5.56 Å². The predicted octanol–water partition coefficient (Wildman–Crippen LogP) is 1.78. The molecule has 0 aliphatic carbocycles. The predicted molar refractivity (Wildman–Crippen MR) is 46.7 cm³/mol. The molecule has 2 nitrogen and oxygen atoms in total. The Morgan fingerprint density at radius 2 is 2.09 bits per heavy atom. The van der Waals surface area contributed by atoms with Gasteiger partial charge in [-0.05, 0) is 11.6 Å². The van der Waals surface area contributed by atoms with Crippen molar-refractivity contribution in [2.75, 3.05) is 0 Å². The second kappa shape index (κ2) is 3.74. The molecule has 0 fully saturated rings. The molecule has 0 heterocycles. The van der Waals surface area contributed by atoms with Crippen LogP contribution in [0.1, 0.15) is 11.1 Å². The molecule has 60 valence electrons. The highest BCUT2D eigenvalue weighted by atomic mass is 79.9. The van der Waals surface area contributed by atoms with Crippen LogP contribution in [0.4, 0.5) is 0 Å². The molecule has 0 aromatic heterocycles. The molecule has 0 spiro atoms. The lowest BCUT2D eigenvalue weighted by molar-refractivity contribution is 0.274. The molecule has 1 aromatic carbocycles. The van der Waals surface area contributed by atoms with Crippen molar-refractivity contribution in [2.24, 2.45) is 0 Å². The molecule has 0 saturated carbocycles. The number of phenols is 1. The van der Waals surface area contributed by atoms with Crippen molar-refractivity contribution in [1.29, 1.82) is 0 Å². The van der Waals surface area contributed by atoms with Gasteiger partial charge in [0.25, 0.3) is 0 Å². The van der Waals surface area contributed by atoms with Crippen LogP contribution < -0.4 is 0 Å². The van der Waals surface area contributed by atoms with Crippen LogP contribution in [0.25, 0.3) is 0 Å². The van der Waals surface area contributed by atoms with Crippen LogP contribution in [0.3, 0.4) is 0 Å². The van der Waals surface area contributed by atoms with E-state index in [1.807, 2.05) is 6.07 Å². The normalized spacial score (nSPS) is 10.0. The molecule has 1 aromatic rings. The van der Waals surface area contributed by atoms with Gasteiger partial charge < -0.3 is 10.2 Å². The summed E-state index contributed by atoms with van der Waals surface area (Å²) in [5.74, 6) is 0.157. The zero-order valence-electron chi connectivity index (χ0n) is 5.92. The molecule has 11 heavy (non-hydrogen) atoms. The summed E-state index contributed by atoms with van der Waals surface area (Å²) in [7, 11) is 0. The fourth-order valence-corrected chi connectivity index (χ4v) is 1.45. The zero-order valence-corrected chi connectivity index (χ0v) is 7.50. The monoisotopic (exact) mass is 216 g/mol. The van der Waals surface area contributed by atoms with E-state index in [1.165, 1.54) is 0 Å². The van der Waals surface area contributed by atoms with Crippen LogP contribution in [0.2, 0.25) is 0 Å². The fourth-order valence-electron chi connectivity index (χ4n) is 0.929. The van der Waals surface area contributed by atoms with Gasteiger partial charge in [-0.25, -0.2) is 0 Å². The van der Waals surface area contributed by atoms with Crippen molar-refractivity contribution >= 4 is 15.9 Å². The summed E-state index contributed by atoms with van der Waals surface area (Å²) >= 11 is 3.26. The highest BCUT2D eigenvalue weighted by Gasteiger charge is 2.03. The van der Waals surface area contributed by atoms with Gasteiger partial charge in [-0.15, -0.1) is 0 Å². The lowest BCUT2D eigenvalue weighted by atomic mass is 10.1. The van der Waals surface area contributed by atoms with Gasteiger partial charge in [-0.1, -0.05) is 28.1 Å². The SMILES string of the molecule is OCc1c(O)cccc1CBr. The minimum Gasteiger partial charge on any atom is -0.508 e. The van der Waals surface area contributed by atoms with Crippen molar-refractivity contribution in [3.05, 3.63) is 29.3 Å². The Balaban J connectivity index is 3.13. The molecule has 1 rings (SSSR count). The molecule has 0 unspecified atom stereocenters. The second-order valence-electron chi connectivity index (χ2n) is 2.21. The van der Waals surface area contributed by atoms with Gasteiger partial charge in [0, 0.05) is 10.9 Å². The summed E-state index contributed by atoms with van der Waals surface area (Å²) < 4.78 is 0. The molecule has 0 radical (unpaired) electrons. The van der Waals surface area contributed by atoms with Gasteiger partial charge in [0.2, 0.25) is 0 Å². The first kappa shape index (κ1) is 8.56. The highest BCUT2D eigenvalue weighted by Crippen LogP contribution is 2.22. The highest BCUT2D eigenvalue weighted by molar-refractivity contribution is 9.08. The lowest BCUT2D eigenvalue weighted by Crippen LogP contribution is -1.90. The summed E-state index contributed by atoms with van der Waals surface area (Å²) in [6.07, 6.45) is 0. The molecule has 0 bridgehead atoms. The van der Waals surface area contributed by atoms with E-state index in [9.17, 15) is 5.11 Å². The van der Waals surface area contributed by atoms with Crippen molar-refractivity contribution < 1.29 is 10.2 Å². The molecule has 0 aliphatic rings. The second-order valence-corrected chi connectivity index (χ2v) is 2.77. The van der Waals surface area contributed by atoms with Gasteiger partial charge in [0.05, 0.1) is 6.61 Å². The maximum atomic E-state index is 9.24. The maximum absolute atomic E-state index is 9.24. The van der Waals surface area contributed by atoms with Crippen LogP contribution in [0.15, 0.2) is 18.2 Å². The average molecular weight is 217 g/mol. The van der Waals surface area contributed by atoms with E-state index >= 15 is 0 Å². The van der Waals surface area contributed by atoms with Crippen molar-refractivity contribution in [2.45, 2.75) is 11.9 Å².